The maximum atomic E-state index is 6.05. The Morgan fingerprint density at radius 3 is 3.04 bits per heavy atom. The number of pyridine rings is 1. The molecule has 2 aliphatic rings. The molecule has 5 nitrogen and oxygen atoms in total. The third-order valence-corrected chi connectivity index (χ3v) is 6.17. The summed E-state index contributed by atoms with van der Waals surface area (Å²) in [6.45, 7) is 7.66. The lowest BCUT2D eigenvalue weighted by molar-refractivity contribution is 0.0524. The highest BCUT2D eigenvalue weighted by molar-refractivity contribution is 5.40. The number of nitrogens with one attached hydrogen (secondary N) is 2. The first-order chi connectivity index (χ1) is 13.7. The molecule has 0 amide bonds. The predicted molar refractivity (Wildman–Crippen MR) is 111 cm³/mol. The van der Waals surface area contributed by atoms with Crippen LogP contribution in [-0.2, 0) is 11.3 Å². The van der Waals surface area contributed by atoms with Crippen LogP contribution in [0.25, 0.3) is 0 Å². The van der Waals surface area contributed by atoms with Crippen molar-refractivity contribution in [1.29, 1.82) is 0 Å². The standard InChI is InChI=1S/C23H31N3O2/c1-16-5-3-8-22(17(16)2)28-23-13-18(9-10-25-23)14-26-20-7-4-6-19(20)21-15-27-12-11-24-21/h3,5,8-10,13,19-21,24,26H,4,6-7,11-12,14-15H2,1-2H3. The summed E-state index contributed by atoms with van der Waals surface area (Å²) in [7, 11) is 0. The highest BCUT2D eigenvalue weighted by Gasteiger charge is 2.34. The Kier molecular flexibility index (Phi) is 6.25. The number of morpholine rings is 1. The zero-order valence-electron chi connectivity index (χ0n) is 16.9. The van der Waals surface area contributed by atoms with Crippen molar-refractivity contribution in [3.8, 4) is 11.6 Å². The van der Waals surface area contributed by atoms with Crippen LogP contribution in [0.2, 0.25) is 0 Å². The van der Waals surface area contributed by atoms with E-state index in [1.807, 2.05) is 24.4 Å². The van der Waals surface area contributed by atoms with Crippen molar-refractivity contribution in [3.05, 3.63) is 53.2 Å². The molecule has 1 aliphatic heterocycles. The van der Waals surface area contributed by atoms with Crippen molar-refractivity contribution in [2.24, 2.45) is 5.92 Å². The van der Waals surface area contributed by atoms with E-state index in [0.29, 0.717) is 23.9 Å². The minimum Gasteiger partial charge on any atom is -0.439 e. The summed E-state index contributed by atoms with van der Waals surface area (Å²) in [5, 5.41) is 7.42. The maximum Gasteiger partial charge on any atom is 0.219 e. The molecule has 1 aromatic carbocycles. The third kappa shape index (κ3) is 4.54. The van der Waals surface area contributed by atoms with Crippen LogP contribution in [0, 0.1) is 19.8 Å². The molecule has 2 N–H and O–H groups in total. The molecule has 5 heteroatoms. The summed E-state index contributed by atoms with van der Waals surface area (Å²) in [5.74, 6) is 2.17. The first-order valence-corrected chi connectivity index (χ1v) is 10.4. The Labute approximate surface area is 167 Å². The Morgan fingerprint density at radius 1 is 1.25 bits per heavy atom. The van der Waals surface area contributed by atoms with Gasteiger partial charge in [0.1, 0.15) is 5.75 Å². The molecule has 2 fully saturated rings. The summed E-state index contributed by atoms with van der Waals surface area (Å²) >= 11 is 0. The highest BCUT2D eigenvalue weighted by Crippen LogP contribution is 2.30. The Morgan fingerprint density at radius 2 is 2.18 bits per heavy atom. The molecule has 1 aromatic heterocycles. The van der Waals surface area contributed by atoms with Gasteiger partial charge in [-0.05, 0) is 61.4 Å². The van der Waals surface area contributed by atoms with Gasteiger partial charge in [0.2, 0.25) is 5.88 Å². The van der Waals surface area contributed by atoms with Crippen LogP contribution >= 0.6 is 0 Å². The normalized spacial score (nSPS) is 25.0. The Bertz CT molecular complexity index is 789. The largest absolute Gasteiger partial charge is 0.439 e. The number of rotatable bonds is 6. The van der Waals surface area contributed by atoms with Crippen LogP contribution in [0.5, 0.6) is 11.6 Å². The van der Waals surface area contributed by atoms with Crippen molar-refractivity contribution >= 4 is 0 Å². The van der Waals surface area contributed by atoms with Crippen molar-refractivity contribution in [2.45, 2.75) is 51.7 Å². The summed E-state index contributed by atoms with van der Waals surface area (Å²) < 4.78 is 11.7. The van der Waals surface area contributed by atoms with Crippen LogP contribution < -0.4 is 15.4 Å². The second-order valence-corrected chi connectivity index (χ2v) is 8.02. The Balaban J connectivity index is 1.37. The summed E-state index contributed by atoms with van der Waals surface area (Å²) in [6, 6.07) is 11.2. The van der Waals surface area contributed by atoms with Gasteiger partial charge in [-0.15, -0.1) is 0 Å². The van der Waals surface area contributed by atoms with Crippen LogP contribution in [0.15, 0.2) is 36.5 Å². The molecule has 3 unspecified atom stereocenters. The fourth-order valence-electron chi connectivity index (χ4n) is 4.40. The van der Waals surface area contributed by atoms with E-state index in [2.05, 4.69) is 41.6 Å². The van der Waals surface area contributed by atoms with Gasteiger partial charge in [0, 0.05) is 37.4 Å². The van der Waals surface area contributed by atoms with Gasteiger partial charge < -0.3 is 20.1 Å². The van der Waals surface area contributed by atoms with Gasteiger partial charge in [-0.3, -0.25) is 0 Å². The first kappa shape index (κ1) is 19.4. The number of aromatic nitrogens is 1. The van der Waals surface area contributed by atoms with Crippen LogP contribution in [-0.4, -0.2) is 36.8 Å². The smallest absolute Gasteiger partial charge is 0.219 e. The molecule has 1 saturated heterocycles. The summed E-state index contributed by atoms with van der Waals surface area (Å²) in [5.41, 5.74) is 3.58. The molecule has 1 saturated carbocycles. The zero-order chi connectivity index (χ0) is 19.3. The minimum atomic E-state index is 0.481. The van der Waals surface area contributed by atoms with Gasteiger partial charge in [-0.25, -0.2) is 4.98 Å². The number of aryl methyl sites for hydroxylation is 1. The molecule has 1 aliphatic carbocycles. The van der Waals surface area contributed by atoms with Gasteiger partial charge in [-0.2, -0.15) is 0 Å². The monoisotopic (exact) mass is 381 g/mol. The number of nitrogens with zero attached hydrogens (tertiary/aromatic N) is 1. The lowest BCUT2D eigenvalue weighted by atomic mass is 9.94. The third-order valence-electron chi connectivity index (χ3n) is 6.17. The second kappa shape index (κ2) is 9.03. The second-order valence-electron chi connectivity index (χ2n) is 8.02. The molecule has 2 heterocycles. The number of hydrogen-bond acceptors (Lipinski definition) is 5. The lowest BCUT2D eigenvalue weighted by Gasteiger charge is -2.33. The molecule has 3 atom stereocenters. The maximum absolute atomic E-state index is 6.05. The van der Waals surface area contributed by atoms with E-state index in [9.17, 15) is 0 Å². The van der Waals surface area contributed by atoms with Crippen molar-refractivity contribution in [1.82, 2.24) is 15.6 Å². The zero-order valence-corrected chi connectivity index (χ0v) is 16.9. The van der Waals surface area contributed by atoms with E-state index in [-0.39, 0.29) is 0 Å². The number of ether oxygens (including phenoxy) is 2. The van der Waals surface area contributed by atoms with Crippen LogP contribution in [0.4, 0.5) is 0 Å². The molecule has 4 rings (SSSR count). The van der Waals surface area contributed by atoms with Gasteiger partial charge in [0.15, 0.2) is 0 Å². The van der Waals surface area contributed by atoms with E-state index < -0.39 is 0 Å². The quantitative estimate of drug-likeness (QED) is 0.798. The fraction of sp³-hybridized carbons (Fsp3) is 0.522. The predicted octanol–water partition coefficient (Wildman–Crippen LogP) is 3.74. The fourth-order valence-corrected chi connectivity index (χ4v) is 4.40. The molecular weight excluding hydrogens is 350 g/mol. The van der Waals surface area contributed by atoms with E-state index in [4.69, 9.17) is 9.47 Å². The molecule has 0 bridgehead atoms. The average Bonchev–Trinajstić information content (AvgIpc) is 3.20. The molecule has 0 spiro atoms. The molecule has 150 valence electrons. The van der Waals surface area contributed by atoms with E-state index in [1.54, 1.807) is 0 Å². The SMILES string of the molecule is Cc1cccc(Oc2cc(CNC3CCCC3C3COCCN3)ccn2)c1C. The first-order valence-electron chi connectivity index (χ1n) is 10.4. The van der Waals surface area contributed by atoms with Crippen molar-refractivity contribution < 1.29 is 9.47 Å². The Hall–Kier alpha value is -1.95. The molecular formula is C23H31N3O2. The molecule has 0 radical (unpaired) electrons. The lowest BCUT2D eigenvalue weighted by Crippen LogP contribution is -2.50. The molecule has 2 aromatic rings. The van der Waals surface area contributed by atoms with Crippen molar-refractivity contribution in [3.63, 3.8) is 0 Å². The summed E-state index contributed by atoms with van der Waals surface area (Å²) in [6.07, 6.45) is 5.63. The van der Waals surface area contributed by atoms with Crippen LogP contribution in [0.1, 0.15) is 36.0 Å². The van der Waals surface area contributed by atoms with E-state index >= 15 is 0 Å². The topological polar surface area (TPSA) is 55.4 Å². The summed E-state index contributed by atoms with van der Waals surface area (Å²) in [4.78, 5) is 4.40. The number of hydrogen-bond donors (Lipinski definition) is 2. The van der Waals surface area contributed by atoms with E-state index in [0.717, 1.165) is 37.6 Å². The van der Waals surface area contributed by atoms with Gasteiger partial charge in [-0.1, -0.05) is 18.6 Å². The average molecular weight is 382 g/mol. The van der Waals surface area contributed by atoms with E-state index in [1.165, 1.54) is 30.4 Å². The van der Waals surface area contributed by atoms with Gasteiger partial charge >= 0.3 is 0 Å². The molecule has 28 heavy (non-hydrogen) atoms. The highest BCUT2D eigenvalue weighted by atomic mass is 16.5. The van der Waals surface area contributed by atoms with Gasteiger partial charge in [0.05, 0.1) is 13.2 Å². The van der Waals surface area contributed by atoms with Crippen molar-refractivity contribution in [2.75, 3.05) is 19.8 Å². The minimum absolute atomic E-state index is 0.481. The van der Waals surface area contributed by atoms with Crippen LogP contribution in [0.3, 0.4) is 0 Å². The van der Waals surface area contributed by atoms with Gasteiger partial charge in [0.25, 0.3) is 0 Å². The number of benzene rings is 1.